The highest BCUT2D eigenvalue weighted by Gasteiger charge is 2.08. The molecule has 1 N–H and O–H groups in total. The van der Waals surface area contributed by atoms with Crippen LogP contribution in [0.25, 0.3) is 17.3 Å². The fraction of sp³-hybridized carbons (Fsp3) is 0.105. The summed E-state index contributed by atoms with van der Waals surface area (Å²) < 4.78 is 15.2. The molecular weight excluding hydrogens is 319 g/mol. The van der Waals surface area contributed by atoms with Crippen molar-refractivity contribution in [3.8, 4) is 11.3 Å². The number of amides is 1. The number of rotatable bonds is 5. The molecule has 3 rings (SSSR count). The molecule has 0 aliphatic heterocycles. The van der Waals surface area contributed by atoms with Crippen LogP contribution in [0.5, 0.6) is 0 Å². The van der Waals surface area contributed by atoms with Crippen molar-refractivity contribution >= 4 is 12.0 Å². The number of carbonyl (C=O) groups is 1. The second-order valence-electron chi connectivity index (χ2n) is 5.46. The van der Waals surface area contributed by atoms with Gasteiger partial charge < -0.3 is 5.32 Å². The maximum absolute atomic E-state index is 13.5. The van der Waals surface area contributed by atoms with Gasteiger partial charge in [-0.2, -0.15) is 5.10 Å². The molecule has 0 fully saturated rings. The van der Waals surface area contributed by atoms with Gasteiger partial charge >= 0.3 is 0 Å². The van der Waals surface area contributed by atoms with Crippen LogP contribution in [0.15, 0.2) is 60.9 Å². The zero-order chi connectivity index (χ0) is 17.6. The lowest BCUT2D eigenvalue weighted by atomic mass is 10.2. The maximum atomic E-state index is 13.5. The summed E-state index contributed by atoms with van der Waals surface area (Å²) in [4.78, 5) is 16.0. The number of pyridine rings is 1. The molecule has 2 aromatic heterocycles. The van der Waals surface area contributed by atoms with Crippen molar-refractivity contribution < 1.29 is 9.18 Å². The molecule has 0 aliphatic rings. The second-order valence-corrected chi connectivity index (χ2v) is 5.46. The van der Waals surface area contributed by atoms with Gasteiger partial charge in [-0.25, -0.2) is 4.39 Å². The molecule has 126 valence electrons. The first kappa shape index (κ1) is 16.6. The third-order valence-corrected chi connectivity index (χ3v) is 3.70. The van der Waals surface area contributed by atoms with E-state index >= 15 is 0 Å². The molecule has 3 aromatic rings. The molecule has 5 nitrogen and oxygen atoms in total. The van der Waals surface area contributed by atoms with Gasteiger partial charge in [0, 0.05) is 36.6 Å². The second kappa shape index (κ2) is 7.53. The number of aryl methyl sites for hydroxylation is 1. The van der Waals surface area contributed by atoms with Crippen molar-refractivity contribution in [3.05, 3.63) is 78.0 Å². The predicted octanol–water partition coefficient (Wildman–Crippen LogP) is 2.95. The smallest absolute Gasteiger partial charge is 0.244 e. The monoisotopic (exact) mass is 336 g/mol. The van der Waals surface area contributed by atoms with Gasteiger partial charge in [0.1, 0.15) is 5.82 Å². The first-order valence-electron chi connectivity index (χ1n) is 7.77. The lowest BCUT2D eigenvalue weighted by Gasteiger charge is -2.02. The van der Waals surface area contributed by atoms with Gasteiger partial charge in [0.15, 0.2) is 0 Å². The molecule has 0 unspecified atom stereocenters. The van der Waals surface area contributed by atoms with Gasteiger partial charge in [-0.3, -0.25) is 14.5 Å². The van der Waals surface area contributed by atoms with Gasteiger partial charge in [-0.05, 0) is 30.3 Å². The van der Waals surface area contributed by atoms with E-state index in [2.05, 4.69) is 15.4 Å². The zero-order valence-corrected chi connectivity index (χ0v) is 13.7. The maximum Gasteiger partial charge on any atom is 0.244 e. The highest BCUT2D eigenvalue weighted by Crippen LogP contribution is 2.17. The lowest BCUT2D eigenvalue weighted by molar-refractivity contribution is -0.116. The Morgan fingerprint density at radius 3 is 2.88 bits per heavy atom. The molecule has 1 aromatic carbocycles. The van der Waals surface area contributed by atoms with Gasteiger partial charge in [-0.15, -0.1) is 0 Å². The van der Waals surface area contributed by atoms with Crippen LogP contribution in [0.1, 0.15) is 11.3 Å². The number of halogens is 1. The van der Waals surface area contributed by atoms with E-state index in [1.807, 2.05) is 25.2 Å². The summed E-state index contributed by atoms with van der Waals surface area (Å²) in [5.74, 6) is -0.660. The largest absolute Gasteiger partial charge is 0.347 e. The highest BCUT2D eigenvalue weighted by molar-refractivity contribution is 5.91. The summed E-state index contributed by atoms with van der Waals surface area (Å²) in [6, 6.07) is 12.0. The van der Waals surface area contributed by atoms with Crippen LogP contribution in [-0.4, -0.2) is 20.7 Å². The number of hydrogen-bond acceptors (Lipinski definition) is 3. The highest BCUT2D eigenvalue weighted by atomic mass is 19.1. The van der Waals surface area contributed by atoms with E-state index in [-0.39, 0.29) is 11.7 Å². The fourth-order valence-corrected chi connectivity index (χ4v) is 2.34. The molecule has 0 atom stereocenters. The normalized spacial score (nSPS) is 11.0. The number of nitrogens with zero attached hydrogens (tertiary/aromatic N) is 3. The molecule has 6 heteroatoms. The average Bonchev–Trinajstić information content (AvgIpc) is 3.01. The third kappa shape index (κ3) is 4.17. The first-order valence-corrected chi connectivity index (χ1v) is 7.77. The van der Waals surface area contributed by atoms with E-state index in [1.54, 1.807) is 35.3 Å². The zero-order valence-electron chi connectivity index (χ0n) is 13.7. The number of nitrogens with one attached hydrogen (secondary N) is 1. The van der Waals surface area contributed by atoms with Crippen molar-refractivity contribution in [2.45, 2.75) is 6.54 Å². The van der Waals surface area contributed by atoms with E-state index in [1.165, 1.54) is 18.2 Å². The Morgan fingerprint density at radius 2 is 2.12 bits per heavy atom. The number of hydrogen-bond donors (Lipinski definition) is 1. The van der Waals surface area contributed by atoms with Gasteiger partial charge in [0.05, 0.1) is 17.9 Å². The van der Waals surface area contributed by atoms with Crippen molar-refractivity contribution in [1.82, 2.24) is 20.1 Å². The summed E-state index contributed by atoms with van der Waals surface area (Å²) in [6.07, 6.45) is 6.21. The molecule has 0 radical (unpaired) electrons. The minimum absolute atomic E-state index is 0.299. The van der Waals surface area contributed by atoms with Crippen LogP contribution in [0.2, 0.25) is 0 Å². The molecule has 0 saturated carbocycles. The van der Waals surface area contributed by atoms with Crippen LogP contribution >= 0.6 is 0 Å². The summed E-state index contributed by atoms with van der Waals surface area (Å²) in [6.45, 7) is 0.324. The van der Waals surface area contributed by atoms with E-state index in [0.29, 0.717) is 12.1 Å². The Labute approximate surface area is 144 Å². The van der Waals surface area contributed by atoms with Crippen molar-refractivity contribution in [3.63, 3.8) is 0 Å². The minimum atomic E-state index is -0.362. The SMILES string of the molecule is Cn1nc(-c2cccnc2)cc1CNC(=O)/C=C/c1ccccc1F. The van der Waals surface area contributed by atoms with E-state index in [9.17, 15) is 9.18 Å². The Bertz CT molecular complexity index is 903. The van der Waals surface area contributed by atoms with Crippen LogP contribution in [0.3, 0.4) is 0 Å². The molecule has 25 heavy (non-hydrogen) atoms. The number of aromatic nitrogens is 3. The van der Waals surface area contributed by atoms with E-state index in [4.69, 9.17) is 0 Å². The molecule has 0 bridgehead atoms. The summed E-state index contributed by atoms with van der Waals surface area (Å²) >= 11 is 0. The van der Waals surface area contributed by atoms with Crippen LogP contribution in [-0.2, 0) is 18.4 Å². The number of carbonyl (C=O) groups excluding carboxylic acids is 1. The van der Waals surface area contributed by atoms with Crippen LogP contribution in [0.4, 0.5) is 4.39 Å². The molecular formula is C19H17FN4O. The molecule has 0 aliphatic carbocycles. The summed E-state index contributed by atoms with van der Waals surface area (Å²) in [5.41, 5.74) is 2.93. The lowest BCUT2D eigenvalue weighted by Crippen LogP contribution is -2.21. The number of benzene rings is 1. The Hall–Kier alpha value is -3.28. The standard InChI is InChI=1S/C19H17FN4O/c1-24-16(11-18(23-24)15-6-4-10-21-12-15)13-22-19(25)9-8-14-5-2-3-7-17(14)20/h2-12H,13H2,1H3,(H,22,25)/b9-8+. The van der Waals surface area contributed by atoms with Gasteiger partial charge in [0.2, 0.25) is 5.91 Å². The quantitative estimate of drug-likeness (QED) is 0.729. The Morgan fingerprint density at radius 1 is 1.28 bits per heavy atom. The first-order chi connectivity index (χ1) is 12.1. The molecule has 0 spiro atoms. The average molecular weight is 336 g/mol. The van der Waals surface area contributed by atoms with Crippen LogP contribution in [0, 0.1) is 5.82 Å². The summed E-state index contributed by atoms with van der Waals surface area (Å²) in [7, 11) is 1.82. The Kier molecular flexibility index (Phi) is 4.99. The molecule has 2 heterocycles. The summed E-state index contributed by atoms with van der Waals surface area (Å²) in [5, 5.41) is 7.19. The third-order valence-electron chi connectivity index (χ3n) is 3.70. The van der Waals surface area contributed by atoms with Crippen molar-refractivity contribution in [2.24, 2.45) is 7.05 Å². The van der Waals surface area contributed by atoms with Crippen molar-refractivity contribution in [2.75, 3.05) is 0 Å². The minimum Gasteiger partial charge on any atom is -0.347 e. The fourth-order valence-electron chi connectivity index (χ4n) is 2.34. The molecule has 0 saturated heterocycles. The van der Waals surface area contributed by atoms with E-state index < -0.39 is 0 Å². The van der Waals surface area contributed by atoms with Gasteiger partial charge in [-0.1, -0.05) is 18.2 Å². The Balaban J connectivity index is 1.63. The molecule has 1 amide bonds. The predicted molar refractivity (Wildman–Crippen MR) is 93.7 cm³/mol. The van der Waals surface area contributed by atoms with Crippen molar-refractivity contribution in [1.29, 1.82) is 0 Å². The van der Waals surface area contributed by atoms with Crippen LogP contribution < -0.4 is 5.32 Å². The van der Waals surface area contributed by atoms with E-state index in [0.717, 1.165) is 17.0 Å². The topological polar surface area (TPSA) is 59.8 Å². The van der Waals surface area contributed by atoms with Gasteiger partial charge in [0.25, 0.3) is 0 Å².